The molecule has 1 aromatic carbocycles. The smallest absolute Gasteiger partial charge is 0.321 e. The molecule has 1 aromatic rings. The molecule has 1 unspecified atom stereocenters. The van der Waals surface area contributed by atoms with Crippen molar-refractivity contribution < 1.29 is 18.0 Å². The molecule has 0 spiro atoms. The number of carbonyl (C=O) groups excluding carboxylic acids is 2. The Morgan fingerprint density at radius 3 is 2.10 bits per heavy atom. The molecule has 0 heterocycles. The zero-order valence-electron chi connectivity index (χ0n) is 11.9. The first-order chi connectivity index (χ1) is 9.71. The van der Waals surface area contributed by atoms with Crippen LogP contribution in [0.3, 0.4) is 0 Å². The molecule has 0 aliphatic carbocycles. The Morgan fingerprint density at radius 1 is 1.10 bits per heavy atom. The molecule has 0 bridgehead atoms. The summed E-state index contributed by atoms with van der Waals surface area (Å²) in [5, 5.41) is 7.32. The quantitative estimate of drug-likeness (QED) is 0.624. The maximum atomic E-state index is 11.6. The molecule has 0 aliphatic heterocycles. The van der Waals surface area contributed by atoms with Crippen molar-refractivity contribution in [1.29, 1.82) is 0 Å². The second kappa shape index (κ2) is 6.93. The van der Waals surface area contributed by atoms with Crippen molar-refractivity contribution in [3.05, 3.63) is 24.3 Å². The Balaban J connectivity index is 2.63. The molecule has 0 radical (unpaired) electrons. The molecule has 0 fully saturated rings. The number of urea groups is 1. The van der Waals surface area contributed by atoms with Crippen molar-refractivity contribution in [2.75, 3.05) is 23.3 Å². The van der Waals surface area contributed by atoms with Crippen LogP contribution >= 0.6 is 0 Å². The van der Waals surface area contributed by atoms with E-state index in [1.54, 1.807) is 31.2 Å². The first-order valence-electron chi connectivity index (χ1n) is 6.08. The molecule has 4 N–H and O–H groups in total. The van der Waals surface area contributed by atoms with Crippen LogP contribution in [0.5, 0.6) is 0 Å². The van der Waals surface area contributed by atoms with Crippen molar-refractivity contribution in [1.82, 2.24) is 10.6 Å². The van der Waals surface area contributed by atoms with Crippen LogP contribution in [0.15, 0.2) is 24.3 Å². The second-order valence-corrected chi connectivity index (χ2v) is 6.13. The van der Waals surface area contributed by atoms with Gasteiger partial charge in [-0.15, -0.1) is 0 Å². The van der Waals surface area contributed by atoms with Crippen molar-refractivity contribution in [2.24, 2.45) is 0 Å². The summed E-state index contributed by atoms with van der Waals surface area (Å²) < 4.78 is 24.5. The highest BCUT2D eigenvalue weighted by Gasteiger charge is 2.14. The Labute approximate surface area is 123 Å². The maximum Gasteiger partial charge on any atom is 0.321 e. The van der Waals surface area contributed by atoms with E-state index >= 15 is 0 Å². The summed E-state index contributed by atoms with van der Waals surface area (Å²) in [7, 11) is -1.91. The Bertz CT molecular complexity index is 613. The molecule has 0 aliphatic rings. The van der Waals surface area contributed by atoms with Crippen molar-refractivity contribution >= 4 is 33.3 Å². The van der Waals surface area contributed by atoms with Crippen LogP contribution in [-0.4, -0.2) is 39.7 Å². The maximum absolute atomic E-state index is 11.6. The lowest BCUT2D eigenvalue weighted by atomic mass is 10.2. The highest BCUT2D eigenvalue weighted by Crippen LogP contribution is 2.15. The van der Waals surface area contributed by atoms with Crippen molar-refractivity contribution in [3.63, 3.8) is 0 Å². The van der Waals surface area contributed by atoms with E-state index in [1.807, 2.05) is 0 Å². The summed E-state index contributed by atoms with van der Waals surface area (Å²) >= 11 is 0. The lowest BCUT2D eigenvalue weighted by Gasteiger charge is -2.15. The van der Waals surface area contributed by atoms with E-state index in [-0.39, 0.29) is 0 Å². The first kappa shape index (κ1) is 16.8. The molecule has 0 aromatic heterocycles. The largest absolute Gasteiger partial charge is 0.374 e. The van der Waals surface area contributed by atoms with Gasteiger partial charge in [-0.1, -0.05) is 0 Å². The summed E-state index contributed by atoms with van der Waals surface area (Å²) in [5.41, 5.74) is 1.04. The average Bonchev–Trinajstić information content (AvgIpc) is 2.39. The minimum absolute atomic E-state index is 0.422. The van der Waals surface area contributed by atoms with Crippen LogP contribution < -0.4 is 20.7 Å². The Morgan fingerprint density at radius 2 is 1.62 bits per heavy atom. The SMILES string of the molecule is CNC(=O)NC(=O)C(C)Nc1ccc(NS(C)(=O)=O)cc1. The Kier molecular flexibility index (Phi) is 5.53. The molecule has 8 nitrogen and oxygen atoms in total. The van der Waals surface area contributed by atoms with Crippen LogP contribution in [0.25, 0.3) is 0 Å². The van der Waals surface area contributed by atoms with Crippen molar-refractivity contribution in [2.45, 2.75) is 13.0 Å². The lowest BCUT2D eigenvalue weighted by molar-refractivity contribution is -0.120. The third-order valence-corrected chi connectivity index (χ3v) is 3.03. The number of anilines is 2. The van der Waals surface area contributed by atoms with Gasteiger partial charge in [0.25, 0.3) is 0 Å². The zero-order chi connectivity index (χ0) is 16.0. The standard InChI is InChI=1S/C12H18N4O4S/c1-8(11(17)15-12(18)13-2)14-9-4-6-10(7-5-9)16-21(3,19)20/h4-8,14,16H,1-3H3,(H2,13,15,17,18). The van der Waals surface area contributed by atoms with Crippen LogP contribution in [0.4, 0.5) is 16.2 Å². The minimum atomic E-state index is -3.32. The minimum Gasteiger partial charge on any atom is -0.374 e. The fourth-order valence-corrected chi connectivity index (χ4v) is 2.01. The summed E-state index contributed by atoms with van der Waals surface area (Å²) in [5.74, 6) is -0.479. The van der Waals surface area contributed by atoms with E-state index in [2.05, 4.69) is 20.7 Å². The molecule has 1 rings (SSSR count). The third-order valence-electron chi connectivity index (χ3n) is 2.43. The number of hydrogen-bond acceptors (Lipinski definition) is 5. The van der Waals surface area contributed by atoms with Gasteiger partial charge >= 0.3 is 6.03 Å². The predicted molar refractivity (Wildman–Crippen MR) is 80.6 cm³/mol. The molecule has 9 heteroatoms. The molecule has 0 saturated carbocycles. The van der Waals surface area contributed by atoms with Gasteiger partial charge in [0, 0.05) is 18.4 Å². The van der Waals surface area contributed by atoms with Gasteiger partial charge in [-0.3, -0.25) is 14.8 Å². The average molecular weight is 314 g/mol. The summed E-state index contributed by atoms with van der Waals surface area (Å²) in [6.07, 6.45) is 1.06. The monoisotopic (exact) mass is 314 g/mol. The Hall–Kier alpha value is -2.29. The van der Waals surface area contributed by atoms with E-state index < -0.39 is 28.0 Å². The molecule has 1 atom stereocenters. The van der Waals surface area contributed by atoms with Crippen LogP contribution in [0.1, 0.15) is 6.92 Å². The zero-order valence-corrected chi connectivity index (χ0v) is 12.7. The molecule has 0 saturated heterocycles. The van der Waals surface area contributed by atoms with Gasteiger partial charge in [0.15, 0.2) is 0 Å². The highest BCUT2D eigenvalue weighted by molar-refractivity contribution is 7.92. The first-order valence-corrected chi connectivity index (χ1v) is 7.97. The van der Waals surface area contributed by atoms with Gasteiger partial charge < -0.3 is 10.6 Å². The van der Waals surface area contributed by atoms with Gasteiger partial charge in [0.1, 0.15) is 6.04 Å². The molecule has 3 amide bonds. The van der Waals surface area contributed by atoms with Crippen LogP contribution in [-0.2, 0) is 14.8 Å². The number of hydrogen-bond donors (Lipinski definition) is 4. The number of nitrogens with one attached hydrogen (secondary N) is 4. The number of imide groups is 1. The molecular weight excluding hydrogens is 296 g/mol. The van der Waals surface area contributed by atoms with E-state index in [4.69, 9.17) is 0 Å². The summed E-state index contributed by atoms with van der Waals surface area (Å²) in [6.45, 7) is 1.60. The van der Waals surface area contributed by atoms with Crippen molar-refractivity contribution in [3.8, 4) is 0 Å². The fraction of sp³-hybridized carbons (Fsp3) is 0.333. The normalized spacial score (nSPS) is 12.1. The van der Waals surface area contributed by atoms with Gasteiger partial charge in [0.05, 0.1) is 6.26 Å². The van der Waals surface area contributed by atoms with Gasteiger partial charge in [-0.05, 0) is 31.2 Å². The third kappa shape index (κ3) is 6.13. The summed E-state index contributed by atoms with van der Waals surface area (Å²) in [6, 6.07) is 5.16. The van der Waals surface area contributed by atoms with Gasteiger partial charge in [-0.2, -0.15) is 0 Å². The number of amides is 3. The fourth-order valence-electron chi connectivity index (χ4n) is 1.45. The second-order valence-electron chi connectivity index (χ2n) is 4.39. The van der Waals surface area contributed by atoms with E-state index in [9.17, 15) is 18.0 Å². The van der Waals surface area contributed by atoms with Crippen LogP contribution in [0.2, 0.25) is 0 Å². The number of benzene rings is 1. The molecule has 21 heavy (non-hydrogen) atoms. The van der Waals surface area contributed by atoms with E-state index in [1.165, 1.54) is 7.05 Å². The number of carbonyl (C=O) groups is 2. The molecular formula is C12H18N4O4S. The summed E-state index contributed by atoms with van der Waals surface area (Å²) in [4.78, 5) is 22.7. The van der Waals surface area contributed by atoms with E-state index in [0.29, 0.717) is 11.4 Å². The highest BCUT2D eigenvalue weighted by atomic mass is 32.2. The lowest BCUT2D eigenvalue weighted by Crippen LogP contribution is -2.44. The number of sulfonamides is 1. The van der Waals surface area contributed by atoms with Crippen LogP contribution in [0, 0.1) is 0 Å². The van der Waals surface area contributed by atoms with Gasteiger partial charge in [-0.25, -0.2) is 13.2 Å². The predicted octanol–water partition coefficient (Wildman–Crippen LogP) is 0.314. The van der Waals surface area contributed by atoms with E-state index in [0.717, 1.165) is 6.26 Å². The topological polar surface area (TPSA) is 116 Å². The molecule has 116 valence electrons. The number of rotatable bonds is 5. The van der Waals surface area contributed by atoms with Gasteiger partial charge in [0.2, 0.25) is 15.9 Å².